The molecular formula is C25H35N4O2+. The molecule has 0 bridgehead atoms. The zero-order valence-electron chi connectivity index (χ0n) is 18.8. The highest BCUT2D eigenvalue weighted by Gasteiger charge is 2.16. The predicted octanol–water partition coefficient (Wildman–Crippen LogP) is 3.51. The van der Waals surface area contributed by atoms with Gasteiger partial charge in [0.15, 0.2) is 11.5 Å². The van der Waals surface area contributed by atoms with Crippen molar-refractivity contribution < 1.29 is 14.4 Å². The molecule has 2 heterocycles. The number of para-hydroxylation sites is 2. The molecular weight excluding hydrogens is 388 g/mol. The lowest BCUT2D eigenvalue weighted by Crippen LogP contribution is -3.13. The van der Waals surface area contributed by atoms with Crippen molar-refractivity contribution in [1.29, 1.82) is 0 Å². The SMILES string of the molecule is CCOc1ccc(CNc2nc3ccccc3n2CC[NH+]2CCCCC2)cc1OCC. The largest absolute Gasteiger partial charge is 0.490 e. The molecule has 1 aliphatic heterocycles. The average molecular weight is 424 g/mol. The molecule has 2 N–H and O–H groups in total. The first kappa shape index (κ1) is 21.5. The second kappa shape index (κ2) is 10.5. The van der Waals surface area contributed by atoms with E-state index >= 15 is 0 Å². The maximum atomic E-state index is 5.78. The van der Waals surface area contributed by atoms with Crippen molar-refractivity contribution >= 4 is 17.0 Å². The zero-order valence-corrected chi connectivity index (χ0v) is 18.8. The Balaban J connectivity index is 1.50. The minimum Gasteiger partial charge on any atom is -0.490 e. The number of rotatable bonds is 10. The molecule has 1 saturated heterocycles. The van der Waals surface area contributed by atoms with E-state index < -0.39 is 0 Å². The quantitative estimate of drug-likeness (QED) is 0.524. The summed E-state index contributed by atoms with van der Waals surface area (Å²) in [6.07, 6.45) is 4.09. The molecule has 3 aromatic rings. The fraction of sp³-hybridized carbons (Fsp3) is 0.480. The second-order valence-electron chi connectivity index (χ2n) is 8.14. The van der Waals surface area contributed by atoms with Crippen molar-refractivity contribution in [3.8, 4) is 11.5 Å². The number of anilines is 1. The van der Waals surface area contributed by atoms with Crippen molar-refractivity contribution in [1.82, 2.24) is 9.55 Å². The number of imidazole rings is 1. The summed E-state index contributed by atoms with van der Waals surface area (Å²) >= 11 is 0. The highest BCUT2D eigenvalue weighted by Crippen LogP contribution is 2.29. The van der Waals surface area contributed by atoms with E-state index in [1.54, 1.807) is 4.90 Å². The van der Waals surface area contributed by atoms with Crippen LogP contribution < -0.4 is 19.7 Å². The number of nitrogens with zero attached hydrogens (tertiary/aromatic N) is 2. The Morgan fingerprint density at radius 1 is 0.968 bits per heavy atom. The Labute approximate surface area is 185 Å². The van der Waals surface area contributed by atoms with E-state index in [-0.39, 0.29) is 0 Å². The van der Waals surface area contributed by atoms with Crippen LogP contribution in [-0.2, 0) is 13.1 Å². The maximum absolute atomic E-state index is 5.78. The third kappa shape index (κ3) is 5.31. The third-order valence-corrected chi connectivity index (χ3v) is 5.96. The normalized spacial score (nSPS) is 14.6. The topological polar surface area (TPSA) is 52.8 Å². The molecule has 4 rings (SSSR count). The summed E-state index contributed by atoms with van der Waals surface area (Å²) in [6, 6.07) is 14.6. The lowest BCUT2D eigenvalue weighted by molar-refractivity contribution is -0.905. The maximum Gasteiger partial charge on any atom is 0.204 e. The number of fused-ring (bicyclic) bond motifs is 1. The summed E-state index contributed by atoms with van der Waals surface area (Å²) in [6.45, 7) is 10.6. The number of piperidine rings is 1. The van der Waals surface area contributed by atoms with Gasteiger partial charge in [-0.3, -0.25) is 0 Å². The van der Waals surface area contributed by atoms with Gasteiger partial charge >= 0.3 is 0 Å². The summed E-state index contributed by atoms with van der Waals surface area (Å²) in [5.74, 6) is 2.53. The Bertz CT molecular complexity index is 979. The minimum absolute atomic E-state index is 0.617. The minimum atomic E-state index is 0.617. The van der Waals surface area contributed by atoms with Gasteiger partial charge in [-0.25, -0.2) is 4.98 Å². The first-order valence-corrected chi connectivity index (χ1v) is 11.7. The van der Waals surface area contributed by atoms with Crippen molar-refractivity contribution in [3.63, 3.8) is 0 Å². The Kier molecular flexibility index (Phi) is 7.30. The van der Waals surface area contributed by atoms with Gasteiger partial charge in [0, 0.05) is 6.54 Å². The van der Waals surface area contributed by atoms with Gasteiger partial charge in [0.2, 0.25) is 5.95 Å². The van der Waals surface area contributed by atoms with Crippen LogP contribution in [0.15, 0.2) is 42.5 Å². The van der Waals surface area contributed by atoms with E-state index in [0.717, 1.165) is 41.6 Å². The average Bonchev–Trinajstić information content (AvgIpc) is 3.16. The molecule has 166 valence electrons. The van der Waals surface area contributed by atoms with Crippen LogP contribution in [0.1, 0.15) is 38.7 Å². The number of aromatic nitrogens is 2. The predicted molar refractivity (Wildman–Crippen MR) is 125 cm³/mol. The Morgan fingerprint density at radius 3 is 2.55 bits per heavy atom. The molecule has 0 spiro atoms. The molecule has 0 aliphatic carbocycles. The van der Waals surface area contributed by atoms with Gasteiger partial charge in [0.05, 0.1) is 50.4 Å². The van der Waals surface area contributed by atoms with Crippen LogP contribution in [0.5, 0.6) is 11.5 Å². The number of benzene rings is 2. The van der Waals surface area contributed by atoms with Crippen LogP contribution >= 0.6 is 0 Å². The lowest BCUT2D eigenvalue weighted by atomic mass is 10.1. The summed E-state index contributed by atoms with van der Waals surface area (Å²) in [4.78, 5) is 6.59. The van der Waals surface area contributed by atoms with Crippen molar-refractivity contribution in [2.45, 2.75) is 46.2 Å². The molecule has 31 heavy (non-hydrogen) atoms. The van der Waals surface area contributed by atoms with Gasteiger partial charge < -0.3 is 24.3 Å². The molecule has 0 amide bonds. The second-order valence-corrected chi connectivity index (χ2v) is 8.14. The summed E-state index contributed by atoms with van der Waals surface area (Å²) in [5.41, 5.74) is 3.38. The molecule has 1 aromatic heterocycles. The standard InChI is InChI=1S/C25H34N4O2/c1-3-30-23-13-12-20(18-24(23)31-4-2)19-26-25-27-21-10-6-7-11-22(21)29(25)17-16-28-14-8-5-9-15-28/h6-7,10-13,18H,3-5,8-9,14-17,19H2,1-2H3,(H,26,27)/p+1. The molecule has 0 unspecified atom stereocenters. The number of hydrogen-bond donors (Lipinski definition) is 2. The van der Waals surface area contributed by atoms with Gasteiger partial charge in [0.25, 0.3) is 0 Å². The number of quaternary nitrogens is 1. The van der Waals surface area contributed by atoms with Crippen LogP contribution in [0.2, 0.25) is 0 Å². The van der Waals surface area contributed by atoms with Gasteiger partial charge in [-0.15, -0.1) is 0 Å². The fourth-order valence-electron chi connectivity index (χ4n) is 4.40. The van der Waals surface area contributed by atoms with E-state index in [0.29, 0.717) is 19.8 Å². The number of hydrogen-bond acceptors (Lipinski definition) is 4. The Hall–Kier alpha value is -2.73. The molecule has 1 aliphatic rings. The molecule has 2 aromatic carbocycles. The van der Waals surface area contributed by atoms with Gasteiger partial charge in [-0.2, -0.15) is 0 Å². The number of likely N-dealkylation sites (tertiary alicyclic amines) is 1. The van der Waals surface area contributed by atoms with Crippen LogP contribution in [0.4, 0.5) is 5.95 Å². The molecule has 0 radical (unpaired) electrons. The molecule has 0 atom stereocenters. The molecule has 1 fully saturated rings. The molecule has 6 nitrogen and oxygen atoms in total. The Morgan fingerprint density at radius 2 is 1.74 bits per heavy atom. The smallest absolute Gasteiger partial charge is 0.204 e. The monoisotopic (exact) mass is 423 g/mol. The van der Waals surface area contributed by atoms with E-state index in [2.05, 4.69) is 46.3 Å². The van der Waals surface area contributed by atoms with Gasteiger partial charge in [0.1, 0.15) is 0 Å². The van der Waals surface area contributed by atoms with Gasteiger partial charge in [-0.1, -0.05) is 18.2 Å². The number of ether oxygens (including phenoxy) is 2. The van der Waals surface area contributed by atoms with Gasteiger partial charge in [-0.05, 0) is 62.9 Å². The highest BCUT2D eigenvalue weighted by atomic mass is 16.5. The summed E-state index contributed by atoms with van der Waals surface area (Å²) in [7, 11) is 0. The van der Waals surface area contributed by atoms with Crippen molar-refractivity contribution in [3.05, 3.63) is 48.0 Å². The van der Waals surface area contributed by atoms with Crippen LogP contribution in [0.25, 0.3) is 11.0 Å². The van der Waals surface area contributed by atoms with Crippen molar-refractivity contribution in [2.75, 3.05) is 38.2 Å². The third-order valence-electron chi connectivity index (χ3n) is 5.96. The van der Waals surface area contributed by atoms with Crippen LogP contribution in [-0.4, -0.2) is 42.4 Å². The van der Waals surface area contributed by atoms with Crippen molar-refractivity contribution in [2.24, 2.45) is 0 Å². The highest BCUT2D eigenvalue weighted by molar-refractivity contribution is 5.78. The fourth-order valence-corrected chi connectivity index (χ4v) is 4.40. The summed E-state index contributed by atoms with van der Waals surface area (Å²) < 4.78 is 13.8. The van der Waals surface area contributed by atoms with E-state index in [4.69, 9.17) is 14.5 Å². The zero-order chi connectivity index (χ0) is 21.5. The van der Waals surface area contributed by atoms with E-state index in [1.807, 2.05) is 19.9 Å². The van der Waals surface area contributed by atoms with Crippen LogP contribution in [0.3, 0.4) is 0 Å². The van der Waals surface area contributed by atoms with Crippen LogP contribution in [0, 0.1) is 0 Å². The molecule has 0 saturated carbocycles. The first-order valence-electron chi connectivity index (χ1n) is 11.7. The summed E-state index contributed by atoms with van der Waals surface area (Å²) in [5, 5.41) is 3.57. The number of nitrogens with one attached hydrogen (secondary N) is 2. The van der Waals surface area contributed by atoms with E-state index in [9.17, 15) is 0 Å². The lowest BCUT2D eigenvalue weighted by Gasteiger charge is -2.24. The van der Waals surface area contributed by atoms with E-state index in [1.165, 1.54) is 37.9 Å². The first-order chi connectivity index (χ1) is 15.3. The molecule has 6 heteroatoms.